The van der Waals surface area contributed by atoms with E-state index in [1.54, 1.807) is 37.4 Å². The summed E-state index contributed by atoms with van der Waals surface area (Å²) in [6.07, 6.45) is 5.15. The second-order valence-corrected chi connectivity index (χ2v) is 11.5. The highest BCUT2D eigenvalue weighted by molar-refractivity contribution is 8.76. The Morgan fingerprint density at radius 3 is 2.62 bits per heavy atom. The van der Waals surface area contributed by atoms with Gasteiger partial charge in [-0.2, -0.15) is 0 Å². The molecule has 11 heteroatoms. The van der Waals surface area contributed by atoms with Crippen molar-refractivity contribution in [2.75, 3.05) is 23.7 Å². The normalized spacial score (nSPS) is 15.1. The number of fused-ring (bicyclic) bond motifs is 1. The minimum atomic E-state index is -2.72. The Morgan fingerprint density at radius 2 is 1.86 bits per heavy atom. The molecule has 0 saturated carbocycles. The molecule has 1 fully saturated rings. The Bertz CT molecular complexity index is 1330. The van der Waals surface area contributed by atoms with Crippen molar-refractivity contribution in [3.8, 4) is 0 Å². The number of hydrogen-bond donors (Lipinski definition) is 0. The lowest BCUT2D eigenvalue weighted by atomic mass is 10.1. The highest BCUT2D eigenvalue weighted by Gasteiger charge is 2.40. The van der Waals surface area contributed by atoms with Gasteiger partial charge in [-0.1, -0.05) is 59.7 Å². The molecule has 0 N–H and O–H groups in total. The molecule has 0 spiro atoms. The predicted molar refractivity (Wildman–Crippen MR) is 145 cm³/mol. The molecule has 0 aliphatic carbocycles. The minimum absolute atomic E-state index is 0.180. The number of alkyl halides is 2. The molecule has 1 aliphatic rings. The first kappa shape index (κ1) is 25.8. The molecule has 194 valence electrons. The van der Waals surface area contributed by atoms with Crippen LogP contribution in [-0.2, 0) is 19.4 Å². The van der Waals surface area contributed by atoms with Gasteiger partial charge in [-0.3, -0.25) is 0 Å². The number of benzene rings is 1. The molecule has 5 rings (SSSR count). The lowest BCUT2D eigenvalue weighted by Gasteiger charge is -2.18. The summed E-state index contributed by atoms with van der Waals surface area (Å²) < 4.78 is 29.8. The van der Waals surface area contributed by atoms with E-state index in [0.29, 0.717) is 35.8 Å². The van der Waals surface area contributed by atoms with Gasteiger partial charge in [0, 0.05) is 31.3 Å². The van der Waals surface area contributed by atoms with Gasteiger partial charge >= 0.3 is 0 Å². The van der Waals surface area contributed by atoms with Crippen molar-refractivity contribution < 1.29 is 8.78 Å². The summed E-state index contributed by atoms with van der Waals surface area (Å²) in [5, 5.41) is 9.74. The zero-order valence-electron chi connectivity index (χ0n) is 20.7. The first-order chi connectivity index (χ1) is 18.0. The quantitative estimate of drug-likeness (QED) is 0.173. The standard InChI is InChI=1S/C26H29F2N7S2/c1-2-3-10-21-30-24(34-15-13-26(27,28)18-34)23-25(31-21)35(33-32-23)17-20-9-5-4-8-19(20)12-16-36-37-22-11-6-7-14-29-22/h4-9,11,14H,2-3,10,12-13,15-18H2,1H3. The lowest BCUT2D eigenvalue weighted by Crippen LogP contribution is -2.26. The van der Waals surface area contributed by atoms with Crippen LogP contribution in [-0.4, -0.2) is 54.7 Å². The maximum absolute atomic E-state index is 14.0. The van der Waals surface area contributed by atoms with E-state index in [9.17, 15) is 8.78 Å². The Morgan fingerprint density at radius 1 is 1.03 bits per heavy atom. The summed E-state index contributed by atoms with van der Waals surface area (Å²) in [5.41, 5.74) is 3.46. The molecule has 1 saturated heterocycles. The average Bonchev–Trinajstić information content (AvgIpc) is 3.48. The molecule has 1 aromatic carbocycles. The van der Waals surface area contributed by atoms with E-state index in [-0.39, 0.29) is 19.5 Å². The maximum Gasteiger partial charge on any atom is 0.266 e. The molecule has 0 radical (unpaired) electrons. The van der Waals surface area contributed by atoms with Crippen molar-refractivity contribution in [3.05, 3.63) is 65.6 Å². The van der Waals surface area contributed by atoms with Crippen LogP contribution in [0.5, 0.6) is 0 Å². The molecule has 0 bridgehead atoms. The Hall–Kier alpha value is -2.79. The summed E-state index contributed by atoms with van der Waals surface area (Å²) in [4.78, 5) is 15.4. The van der Waals surface area contributed by atoms with Gasteiger partial charge in [0.05, 0.1) is 13.1 Å². The molecule has 37 heavy (non-hydrogen) atoms. The van der Waals surface area contributed by atoms with Gasteiger partial charge in [0.15, 0.2) is 17.0 Å². The number of unbranched alkanes of at least 4 members (excludes halogenated alkanes) is 1. The van der Waals surface area contributed by atoms with Gasteiger partial charge < -0.3 is 4.90 Å². The van der Waals surface area contributed by atoms with E-state index >= 15 is 0 Å². The minimum Gasteiger partial charge on any atom is -0.348 e. The van der Waals surface area contributed by atoms with Gasteiger partial charge in [-0.05, 0) is 46.9 Å². The van der Waals surface area contributed by atoms with Gasteiger partial charge in [0.25, 0.3) is 5.92 Å². The second kappa shape index (κ2) is 11.7. The molecule has 4 aromatic rings. The summed E-state index contributed by atoms with van der Waals surface area (Å²) in [7, 11) is 3.46. The third kappa shape index (κ3) is 6.38. The van der Waals surface area contributed by atoms with Gasteiger partial charge in [0.2, 0.25) is 0 Å². The maximum atomic E-state index is 14.0. The van der Waals surface area contributed by atoms with Crippen LogP contribution in [0.15, 0.2) is 53.7 Å². The lowest BCUT2D eigenvalue weighted by molar-refractivity contribution is 0.0257. The van der Waals surface area contributed by atoms with Gasteiger partial charge in [-0.25, -0.2) is 28.4 Å². The highest BCUT2D eigenvalue weighted by atomic mass is 33.1. The summed E-state index contributed by atoms with van der Waals surface area (Å²) in [5.74, 6) is -0.662. The van der Waals surface area contributed by atoms with Crippen LogP contribution >= 0.6 is 21.6 Å². The number of nitrogens with zero attached hydrogens (tertiary/aromatic N) is 7. The smallest absolute Gasteiger partial charge is 0.266 e. The monoisotopic (exact) mass is 541 g/mol. The number of halogens is 2. The highest BCUT2D eigenvalue weighted by Crippen LogP contribution is 2.33. The van der Waals surface area contributed by atoms with Crippen LogP contribution in [0.4, 0.5) is 14.6 Å². The van der Waals surface area contributed by atoms with Crippen LogP contribution < -0.4 is 4.90 Å². The Balaban J connectivity index is 1.36. The van der Waals surface area contributed by atoms with E-state index in [0.717, 1.165) is 35.6 Å². The zero-order valence-corrected chi connectivity index (χ0v) is 22.3. The fraction of sp³-hybridized carbons (Fsp3) is 0.423. The Kier molecular flexibility index (Phi) is 8.19. The molecule has 0 atom stereocenters. The van der Waals surface area contributed by atoms with Crippen LogP contribution in [0, 0.1) is 0 Å². The fourth-order valence-electron chi connectivity index (χ4n) is 4.34. The topological polar surface area (TPSA) is 72.6 Å². The fourth-order valence-corrected chi connectivity index (χ4v) is 6.25. The number of hydrogen-bond acceptors (Lipinski definition) is 8. The Labute approximate surface area is 222 Å². The zero-order chi connectivity index (χ0) is 25.7. The largest absolute Gasteiger partial charge is 0.348 e. The summed E-state index contributed by atoms with van der Waals surface area (Å²) >= 11 is 0. The van der Waals surface area contributed by atoms with Gasteiger partial charge in [0.1, 0.15) is 10.9 Å². The third-order valence-corrected chi connectivity index (χ3v) is 8.56. The van der Waals surface area contributed by atoms with E-state index in [1.165, 1.54) is 5.56 Å². The number of aromatic nitrogens is 6. The average molecular weight is 542 g/mol. The summed E-state index contributed by atoms with van der Waals surface area (Å²) in [6, 6.07) is 14.2. The first-order valence-corrected chi connectivity index (χ1v) is 14.8. The molecule has 0 amide bonds. The number of aryl methyl sites for hydroxylation is 2. The number of pyridine rings is 1. The van der Waals surface area contributed by atoms with Crippen molar-refractivity contribution in [3.63, 3.8) is 0 Å². The molecule has 3 aromatic heterocycles. The van der Waals surface area contributed by atoms with Crippen molar-refractivity contribution >= 4 is 38.6 Å². The number of rotatable bonds is 11. The predicted octanol–water partition coefficient (Wildman–Crippen LogP) is 5.84. The van der Waals surface area contributed by atoms with Crippen LogP contribution in [0.2, 0.25) is 0 Å². The SMILES string of the molecule is CCCCc1nc(N2CCC(F)(F)C2)c2nnn(Cc3ccccc3CCSSc3ccccn3)c2n1. The molecule has 4 heterocycles. The van der Waals surface area contributed by atoms with Gasteiger partial charge in [-0.15, -0.1) is 5.10 Å². The second-order valence-electron chi connectivity index (χ2n) is 9.11. The molecule has 7 nitrogen and oxygen atoms in total. The van der Waals surface area contributed by atoms with E-state index in [2.05, 4.69) is 39.3 Å². The molecule has 1 aliphatic heterocycles. The van der Waals surface area contributed by atoms with Crippen LogP contribution in [0.1, 0.15) is 43.1 Å². The van der Waals surface area contributed by atoms with Crippen molar-refractivity contribution in [1.82, 2.24) is 29.9 Å². The van der Waals surface area contributed by atoms with E-state index in [1.807, 2.05) is 30.3 Å². The van der Waals surface area contributed by atoms with E-state index in [4.69, 9.17) is 4.98 Å². The molecule has 0 unspecified atom stereocenters. The summed E-state index contributed by atoms with van der Waals surface area (Å²) in [6.45, 7) is 2.51. The van der Waals surface area contributed by atoms with E-state index < -0.39 is 5.92 Å². The van der Waals surface area contributed by atoms with Crippen molar-refractivity contribution in [2.24, 2.45) is 0 Å². The van der Waals surface area contributed by atoms with Crippen molar-refractivity contribution in [2.45, 2.75) is 56.5 Å². The first-order valence-electron chi connectivity index (χ1n) is 12.5. The van der Waals surface area contributed by atoms with Crippen molar-refractivity contribution in [1.29, 1.82) is 0 Å². The van der Waals surface area contributed by atoms with Crippen LogP contribution in [0.3, 0.4) is 0 Å². The number of anilines is 1. The van der Waals surface area contributed by atoms with Crippen LogP contribution in [0.25, 0.3) is 11.2 Å². The molecular formula is C26H29F2N7S2. The molecular weight excluding hydrogens is 512 g/mol. The third-order valence-electron chi connectivity index (χ3n) is 6.29.